The second-order valence-electron chi connectivity index (χ2n) is 6.86. The van der Waals surface area contributed by atoms with Crippen LogP contribution in [0.3, 0.4) is 0 Å². The first kappa shape index (κ1) is 18.6. The highest BCUT2D eigenvalue weighted by molar-refractivity contribution is 7.89. The molecule has 0 aliphatic heterocycles. The quantitative estimate of drug-likeness (QED) is 0.766. The number of aromatic nitrogens is 1. The number of carbonyl (C=O) groups excluding carboxylic acids is 1. The molecule has 2 N–H and O–H groups in total. The Morgan fingerprint density at radius 3 is 2.46 bits per heavy atom. The van der Waals surface area contributed by atoms with Crippen LogP contribution < -0.4 is 10.0 Å². The van der Waals surface area contributed by atoms with Crippen LogP contribution in [0.4, 0.5) is 0 Å². The molecule has 1 aromatic carbocycles. The molecule has 0 radical (unpaired) electrons. The fraction of sp³-hybridized carbons (Fsp3) is 0.444. The molecule has 0 unspecified atom stereocenters. The average molecular weight is 377 g/mol. The average Bonchev–Trinajstić information content (AvgIpc) is 3.31. The van der Waals surface area contributed by atoms with E-state index in [0.717, 1.165) is 12.8 Å². The number of hydrogen-bond donors (Lipinski definition) is 2. The third-order valence-electron chi connectivity index (χ3n) is 4.80. The minimum absolute atomic E-state index is 0.0138. The Kier molecular flexibility index (Phi) is 4.90. The van der Waals surface area contributed by atoms with Crippen molar-refractivity contribution >= 4 is 15.9 Å². The van der Waals surface area contributed by atoms with Gasteiger partial charge in [0.1, 0.15) is 10.6 Å². The molecule has 7 nitrogen and oxygen atoms in total. The maximum atomic E-state index is 12.5. The van der Waals surface area contributed by atoms with Gasteiger partial charge in [-0.1, -0.05) is 35.5 Å². The number of aryl methyl sites for hydroxylation is 2. The number of sulfonamides is 1. The fourth-order valence-corrected chi connectivity index (χ4v) is 4.66. The lowest BCUT2D eigenvalue weighted by atomic mass is 9.96. The molecule has 0 bridgehead atoms. The summed E-state index contributed by atoms with van der Waals surface area (Å²) in [6, 6.07) is 9.14. The zero-order chi connectivity index (χ0) is 18.9. The van der Waals surface area contributed by atoms with Gasteiger partial charge in [-0.3, -0.25) is 4.79 Å². The van der Waals surface area contributed by atoms with Crippen LogP contribution in [0.15, 0.2) is 39.8 Å². The summed E-state index contributed by atoms with van der Waals surface area (Å²) in [5.41, 5.74) is 1.44. The van der Waals surface area contributed by atoms with E-state index in [1.807, 2.05) is 18.2 Å². The summed E-state index contributed by atoms with van der Waals surface area (Å²) < 4.78 is 32.3. The summed E-state index contributed by atoms with van der Waals surface area (Å²) in [6.07, 6.45) is 2.02. The Hall–Kier alpha value is -2.19. The first-order chi connectivity index (χ1) is 12.3. The Balaban J connectivity index is 1.62. The number of amides is 1. The van der Waals surface area contributed by atoms with Crippen LogP contribution in [-0.4, -0.2) is 32.1 Å². The highest BCUT2D eigenvalue weighted by Crippen LogP contribution is 2.47. The van der Waals surface area contributed by atoms with E-state index in [0.29, 0.717) is 6.54 Å². The Morgan fingerprint density at radius 1 is 1.27 bits per heavy atom. The normalized spacial score (nSPS) is 16.9. The van der Waals surface area contributed by atoms with E-state index in [2.05, 4.69) is 27.3 Å². The molecule has 140 valence electrons. The van der Waals surface area contributed by atoms with Gasteiger partial charge in [-0.25, -0.2) is 8.42 Å². The number of carbonyl (C=O) groups is 1. The van der Waals surface area contributed by atoms with E-state index in [1.165, 1.54) is 19.4 Å². The van der Waals surface area contributed by atoms with E-state index in [-0.39, 0.29) is 27.7 Å². The molecule has 1 fully saturated rings. The predicted octanol–water partition coefficient (Wildman–Crippen LogP) is 1.81. The van der Waals surface area contributed by atoms with E-state index in [1.54, 1.807) is 6.92 Å². The Morgan fingerprint density at radius 2 is 1.92 bits per heavy atom. The minimum Gasteiger partial charge on any atom is -0.360 e. The Bertz CT molecular complexity index is 882. The van der Waals surface area contributed by atoms with Crippen LogP contribution in [-0.2, 0) is 20.2 Å². The van der Waals surface area contributed by atoms with Crippen molar-refractivity contribution in [3.05, 3.63) is 47.3 Å². The second-order valence-corrected chi connectivity index (χ2v) is 8.51. The Labute approximate surface area is 153 Å². The molecule has 1 aliphatic rings. The van der Waals surface area contributed by atoms with Crippen LogP contribution >= 0.6 is 0 Å². The van der Waals surface area contributed by atoms with Crippen LogP contribution in [0.25, 0.3) is 0 Å². The highest BCUT2D eigenvalue weighted by atomic mass is 32.2. The highest BCUT2D eigenvalue weighted by Gasteiger charge is 2.44. The molecule has 0 spiro atoms. The molecule has 1 saturated carbocycles. The van der Waals surface area contributed by atoms with Crippen LogP contribution in [0.1, 0.15) is 36.8 Å². The van der Waals surface area contributed by atoms with Crippen molar-refractivity contribution in [2.45, 2.75) is 50.0 Å². The zero-order valence-electron chi connectivity index (χ0n) is 15.1. The monoisotopic (exact) mass is 377 g/mol. The van der Waals surface area contributed by atoms with Crippen molar-refractivity contribution in [3.63, 3.8) is 0 Å². The van der Waals surface area contributed by atoms with Crippen LogP contribution in [0.2, 0.25) is 0 Å². The van der Waals surface area contributed by atoms with Gasteiger partial charge in [0.2, 0.25) is 15.9 Å². The standard InChI is InChI=1S/C18H23N3O4S/c1-12-16(14(3)25-20-12)26(23,24)21-13(2)17(22)19-11-18(9-10-18)15-7-5-4-6-8-15/h4-8,13,21H,9-11H2,1-3H3,(H,19,22)/t13-/m0/s1. The van der Waals surface area contributed by atoms with Gasteiger partial charge in [-0.05, 0) is 39.2 Å². The van der Waals surface area contributed by atoms with Gasteiger partial charge in [0.15, 0.2) is 5.76 Å². The predicted molar refractivity (Wildman–Crippen MR) is 96.1 cm³/mol. The van der Waals surface area contributed by atoms with Gasteiger partial charge in [0.05, 0.1) is 6.04 Å². The third-order valence-corrected chi connectivity index (χ3v) is 6.59. The van der Waals surface area contributed by atoms with Gasteiger partial charge in [-0.15, -0.1) is 0 Å². The summed E-state index contributed by atoms with van der Waals surface area (Å²) in [5, 5.41) is 6.53. The number of benzene rings is 1. The molecular formula is C18H23N3O4S. The summed E-state index contributed by atoms with van der Waals surface area (Å²) in [4.78, 5) is 12.4. The van der Waals surface area contributed by atoms with E-state index in [9.17, 15) is 13.2 Å². The van der Waals surface area contributed by atoms with E-state index in [4.69, 9.17) is 4.52 Å². The molecule has 8 heteroatoms. The van der Waals surface area contributed by atoms with Gasteiger partial charge < -0.3 is 9.84 Å². The van der Waals surface area contributed by atoms with Crippen molar-refractivity contribution in [2.24, 2.45) is 0 Å². The molecule has 3 rings (SSSR count). The minimum atomic E-state index is -3.88. The van der Waals surface area contributed by atoms with E-state index >= 15 is 0 Å². The van der Waals surface area contributed by atoms with Crippen molar-refractivity contribution in [1.29, 1.82) is 0 Å². The van der Waals surface area contributed by atoms with Gasteiger partial charge in [-0.2, -0.15) is 4.72 Å². The topological polar surface area (TPSA) is 101 Å². The number of rotatable bonds is 7. The largest absolute Gasteiger partial charge is 0.360 e. The van der Waals surface area contributed by atoms with Gasteiger partial charge >= 0.3 is 0 Å². The van der Waals surface area contributed by atoms with Crippen molar-refractivity contribution < 1.29 is 17.7 Å². The number of nitrogens with zero attached hydrogens (tertiary/aromatic N) is 1. The number of hydrogen-bond acceptors (Lipinski definition) is 5. The van der Waals surface area contributed by atoms with Crippen molar-refractivity contribution in [2.75, 3.05) is 6.54 Å². The SMILES string of the molecule is Cc1noc(C)c1S(=O)(=O)N[C@@H](C)C(=O)NCC1(c2ccccc2)CC1. The van der Waals surface area contributed by atoms with Gasteiger partial charge in [0.25, 0.3) is 0 Å². The van der Waals surface area contributed by atoms with Crippen LogP contribution in [0, 0.1) is 13.8 Å². The maximum absolute atomic E-state index is 12.5. The molecule has 26 heavy (non-hydrogen) atoms. The van der Waals surface area contributed by atoms with Gasteiger partial charge in [0, 0.05) is 12.0 Å². The maximum Gasteiger partial charge on any atom is 0.246 e. The lowest BCUT2D eigenvalue weighted by molar-refractivity contribution is -0.122. The lowest BCUT2D eigenvalue weighted by Crippen LogP contribution is -2.46. The molecule has 1 aromatic heterocycles. The first-order valence-electron chi connectivity index (χ1n) is 8.54. The van der Waals surface area contributed by atoms with Crippen molar-refractivity contribution in [3.8, 4) is 0 Å². The fourth-order valence-electron chi connectivity index (χ4n) is 3.12. The first-order valence-corrected chi connectivity index (χ1v) is 10.0. The zero-order valence-corrected chi connectivity index (χ0v) is 15.9. The summed E-state index contributed by atoms with van der Waals surface area (Å²) in [5.74, 6) is -0.161. The van der Waals surface area contributed by atoms with Crippen molar-refractivity contribution in [1.82, 2.24) is 15.2 Å². The smallest absolute Gasteiger partial charge is 0.246 e. The molecule has 1 amide bonds. The molecule has 1 aliphatic carbocycles. The molecule has 2 aromatic rings. The molecular weight excluding hydrogens is 354 g/mol. The second kappa shape index (κ2) is 6.85. The molecule has 1 heterocycles. The third kappa shape index (κ3) is 3.66. The summed E-state index contributed by atoms with van der Waals surface area (Å²) in [7, 11) is -3.88. The lowest BCUT2D eigenvalue weighted by Gasteiger charge is -2.19. The van der Waals surface area contributed by atoms with Crippen LogP contribution in [0.5, 0.6) is 0 Å². The summed E-state index contributed by atoms with van der Waals surface area (Å²) >= 11 is 0. The molecule has 1 atom stereocenters. The summed E-state index contributed by atoms with van der Waals surface area (Å²) in [6.45, 7) is 5.09. The molecule has 0 saturated heterocycles. The van der Waals surface area contributed by atoms with E-state index < -0.39 is 16.1 Å². The number of nitrogens with one attached hydrogen (secondary N) is 2.